The van der Waals surface area contributed by atoms with Crippen molar-refractivity contribution in [1.29, 1.82) is 0 Å². The van der Waals surface area contributed by atoms with Gasteiger partial charge in [0.05, 0.1) is 12.6 Å². The van der Waals surface area contributed by atoms with E-state index in [0.717, 1.165) is 10.0 Å². The minimum Gasteiger partial charge on any atom is -0.435 e. The fourth-order valence-corrected chi connectivity index (χ4v) is 2.90. The first-order valence-corrected chi connectivity index (χ1v) is 8.53. The van der Waals surface area contributed by atoms with Crippen LogP contribution < -0.4 is 15.4 Å². The number of nitrogens with one attached hydrogen (secondary N) is 2. The molecule has 0 spiro atoms. The maximum Gasteiger partial charge on any atom is 0.387 e. The third-order valence-corrected chi connectivity index (χ3v) is 4.20. The maximum absolute atomic E-state index is 12.2. The first-order chi connectivity index (χ1) is 12.4. The van der Waals surface area contributed by atoms with Gasteiger partial charge in [-0.2, -0.15) is 8.78 Å². The molecule has 2 N–H and O–H groups in total. The Morgan fingerprint density at radius 2 is 1.88 bits per heavy atom. The molecule has 2 aromatic rings. The van der Waals surface area contributed by atoms with E-state index in [9.17, 15) is 18.4 Å². The zero-order valence-electron chi connectivity index (χ0n) is 13.8. The SMILES string of the molecule is CC(NC(=O)CNC(=O)c1cccc(OC(F)F)c1)c1ccccc1Br. The second-order valence-electron chi connectivity index (χ2n) is 5.40. The van der Waals surface area contributed by atoms with Gasteiger partial charge in [0.1, 0.15) is 5.75 Å². The number of carbonyl (C=O) groups excluding carboxylic acids is 2. The minimum atomic E-state index is -2.97. The smallest absolute Gasteiger partial charge is 0.387 e. The Hall–Kier alpha value is -2.48. The molecule has 0 fully saturated rings. The summed E-state index contributed by atoms with van der Waals surface area (Å²) in [6.45, 7) is -1.39. The molecule has 0 aliphatic heterocycles. The molecule has 26 heavy (non-hydrogen) atoms. The van der Waals surface area contributed by atoms with Gasteiger partial charge in [-0.05, 0) is 36.8 Å². The van der Waals surface area contributed by atoms with Crippen LogP contribution in [0.1, 0.15) is 28.9 Å². The van der Waals surface area contributed by atoms with Crippen LogP contribution in [0.3, 0.4) is 0 Å². The lowest BCUT2D eigenvalue weighted by atomic mass is 10.1. The van der Waals surface area contributed by atoms with Gasteiger partial charge in [0.15, 0.2) is 0 Å². The number of rotatable bonds is 7. The molecule has 138 valence electrons. The zero-order chi connectivity index (χ0) is 19.1. The molecule has 1 unspecified atom stereocenters. The molecule has 2 amide bonds. The van der Waals surface area contributed by atoms with Gasteiger partial charge in [-0.25, -0.2) is 0 Å². The quantitative estimate of drug-likeness (QED) is 0.709. The van der Waals surface area contributed by atoms with E-state index in [-0.39, 0.29) is 29.8 Å². The maximum atomic E-state index is 12.2. The molecule has 0 radical (unpaired) electrons. The van der Waals surface area contributed by atoms with Crippen LogP contribution in [0.4, 0.5) is 8.78 Å². The number of halogens is 3. The van der Waals surface area contributed by atoms with Crippen molar-refractivity contribution < 1.29 is 23.1 Å². The molecule has 2 aromatic carbocycles. The molecule has 0 bridgehead atoms. The Morgan fingerprint density at radius 3 is 2.58 bits per heavy atom. The third-order valence-electron chi connectivity index (χ3n) is 3.48. The summed E-state index contributed by atoms with van der Waals surface area (Å²) in [4.78, 5) is 24.1. The van der Waals surface area contributed by atoms with Gasteiger partial charge in [-0.1, -0.05) is 40.2 Å². The van der Waals surface area contributed by atoms with Gasteiger partial charge in [0.2, 0.25) is 5.91 Å². The van der Waals surface area contributed by atoms with E-state index >= 15 is 0 Å². The summed E-state index contributed by atoms with van der Waals surface area (Å²) >= 11 is 3.42. The van der Waals surface area contributed by atoms with Gasteiger partial charge >= 0.3 is 6.61 Å². The monoisotopic (exact) mass is 426 g/mol. The van der Waals surface area contributed by atoms with Crippen molar-refractivity contribution >= 4 is 27.7 Å². The predicted octanol–water partition coefficient (Wildman–Crippen LogP) is 3.66. The number of benzene rings is 2. The Labute approximate surface area is 157 Å². The molecule has 0 aliphatic carbocycles. The molecule has 0 saturated heterocycles. The summed E-state index contributed by atoms with van der Waals surface area (Å²) in [5.41, 5.74) is 1.03. The topological polar surface area (TPSA) is 67.4 Å². The van der Waals surface area contributed by atoms with Crippen molar-refractivity contribution in [2.24, 2.45) is 0 Å². The second-order valence-corrected chi connectivity index (χ2v) is 6.25. The van der Waals surface area contributed by atoms with Crippen LogP contribution >= 0.6 is 15.9 Å². The molecular weight excluding hydrogens is 410 g/mol. The first kappa shape index (κ1) is 19.8. The second kappa shape index (κ2) is 9.28. The fraction of sp³-hybridized carbons (Fsp3) is 0.222. The van der Waals surface area contributed by atoms with Crippen LogP contribution in [-0.4, -0.2) is 25.0 Å². The van der Waals surface area contributed by atoms with Crippen LogP contribution in [0.15, 0.2) is 53.0 Å². The molecule has 2 rings (SSSR count). The van der Waals surface area contributed by atoms with E-state index in [4.69, 9.17) is 0 Å². The molecule has 8 heteroatoms. The van der Waals surface area contributed by atoms with Crippen LogP contribution in [0.25, 0.3) is 0 Å². The number of amides is 2. The highest BCUT2D eigenvalue weighted by atomic mass is 79.9. The molecule has 0 heterocycles. The number of ether oxygens (including phenoxy) is 1. The van der Waals surface area contributed by atoms with Gasteiger partial charge in [-0.15, -0.1) is 0 Å². The number of hydrogen-bond donors (Lipinski definition) is 2. The van der Waals surface area contributed by atoms with Crippen molar-refractivity contribution in [3.8, 4) is 5.75 Å². The fourth-order valence-electron chi connectivity index (χ4n) is 2.27. The standard InChI is InChI=1S/C18H17BrF2N2O3/c1-11(14-7-2-3-8-15(14)19)23-16(24)10-22-17(25)12-5-4-6-13(9-12)26-18(20)21/h2-9,11,18H,10H2,1H3,(H,22,25)(H,23,24). The molecule has 1 atom stereocenters. The zero-order valence-corrected chi connectivity index (χ0v) is 15.4. The molecule has 0 saturated carbocycles. The molecule has 0 aliphatic rings. The summed E-state index contributed by atoms with van der Waals surface area (Å²) < 4.78 is 29.6. The molecule has 5 nitrogen and oxygen atoms in total. The highest BCUT2D eigenvalue weighted by Gasteiger charge is 2.14. The summed E-state index contributed by atoms with van der Waals surface area (Å²) in [6.07, 6.45) is 0. The summed E-state index contributed by atoms with van der Waals surface area (Å²) in [7, 11) is 0. The van der Waals surface area contributed by atoms with Gasteiger partial charge in [0.25, 0.3) is 5.91 Å². The van der Waals surface area contributed by atoms with E-state index in [1.165, 1.54) is 24.3 Å². The average molecular weight is 427 g/mol. The summed E-state index contributed by atoms with van der Waals surface area (Å²) in [5.74, 6) is -1.06. The van der Waals surface area contributed by atoms with Crippen molar-refractivity contribution in [2.45, 2.75) is 19.6 Å². The van der Waals surface area contributed by atoms with Gasteiger partial charge in [-0.3, -0.25) is 9.59 Å². The Kier molecular flexibility index (Phi) is 7.08. The third kappa shape index (κ3) is 5.80. The van der Waals surface area contributed by atoms with E-state index < -0.39 is 12.5 Å². The van der Waals surface area contributed by atoms with Crippen LogP contribution in [-0.2, 0) is 4.79 Å². The molecule has 0 aromatic heterocycles. The van der Waals surface area contributed by atoms with Crippen molar-refractivity contribution in [1.82, 2.24) is 10.6 Å². The predicted molar refractivity (Wildman–Crippen MR) is 96.1 cm³/mol. The summed E-state index contributed by atoms with van der Waals surface area (Å²) in [6, 6.07) is 12.6. The first-order valence-electron chi connectivity index (χ1n) is 7.73. The van der Waals surface area contributed by atoms with Crippen molar-refractivity contribution in [3.63, 3.8) is 0 Å². The Bertz CT molecular complexity index is 787. The largest absolute Gasteiger partial charge is 0.435 e. The van der Waals surface area contributed by atoms with Crippen molar-refractivity contribution in [2.75, 3.05) is 6.54 Å². The Balaban J connectivity index is 1.89. The van der Waals surface area contributed by atoms with Crippen molar-refractivity contribution in [3.05, 3.63) is 64.1 Å². The van der Waals surface area contributed by atoms with Crippen LogP contribution in [0, 0.1) is 0 Å². The highest BCUT2D eigenvalue weighted by molar-refractivity contribution is 9.10. The number of carbonyl (C=O) groups is 2. The normalized spacial score (nSPS) is 11.7. The lowest BCUT2D eigenvalue weighted by molar-refractivity contribution is -0.120. The average Bonchev–Trinajstić information content (AvgIpc) is 2.59. The van der Waals surface area contributed by atoms with E-state index in [0.29, 0.717) is 0 Å². The van der Waals surface area contributed by atoms with Crippen LogP contribution in [0.5, 0.6) is 5.75 Å². The lowest BCUT2D eigenvalue weighted by Crippen LogP contribution is -2.38. The highest BCUT2D eigenvalue weighted by Crippen LogP contribution is 2.22. The number of alkyl halides is 2. The minimum absolute atomic E-state index is 0.120. The Morgan fingerprint density at radius 1 is 1.15 bits per heavy atom. The van der Waals surface area contributed by atoms with E-state index in [2.05, 4.69) is 31.3 Å². The van der Waals surface area contributed by atoms with Crippen LogP contribution in [0.2, 0.25) is 0 Å². The molecular formula is C18H17BrF2N2O3. The number of hydrogen-bond acceptors (Lipinski definition) is 3. The van der Waals surface area contributed by atoms with E-state index in [1.807, 2.05) is 31.2 Å². The summed E-state index contributed by atoms with van der Waals surface area (Å²) in [5, 5.41) is 5.22. The van der Waals surface area contributed by atoms with Gasteiger partial charge in [0, 0.05) is 10.0 Å². The van der Waals surface area contributed by atoms with Gasteiger partial charge < -0.3 is 15.4 Å². The lowest BCUT2D eigenvalue weighted by Gasteiger charge is -2.16. The van der Waals surface area contributed by atoms with E-state index in [1.54, 1.807) is 0 Å².